The second kappa shape index (κ2) is 8.34. The van der Waals surface area contributed by atoms with Crippen molar-refractivity contribution in [3.8, 4) is 0 Å². The standard InChI is InChI=1S/C20H28FN5OS/c1-12(22)10-16(25-19(2,3)4)17(27)24-13-6-7-15(21)14(11-13)20(5)8-9-28-18(23)26-20/h6-7,10-11,22,25H,8-9H2,1-5H3,(H2,23,26)(H,24,27)/b16-10-,22-12?/t20-/m0/s1. The van der Waals surface area contributed by atoms with Gasteiger partial charge in [0, 0.05) is 28.3 Å². The minimum Gasteiger partial charge on any atom is -0.379 e. The number of carbonyl (C=O) groups excluding carboxylic acids is 1. The van der Waals surface area contributed by atoms with E-state index >= 15 is 0 Å². The summed E-state index contributed by atoms with van der Waals surface area (Å²) in [6.45, 7) is 9.21. The van der Waals surface area contributed by atoms with Crippen LogP contribution in [0, 0.1) is 11.2 Å². The van der Waals surface area contributed by atoms with E-state index < -0.39 is 11.4 Å². The minimum atomic E-state index is -0.770. The van der Waals surface area contributed by atoms with E-state index in [9.17, 15) is 9.18 Å². The predicted octanol–water partition coefficient (Wildman–Crippen LogP) is 3.74. The Morgan fingerprint density at radius 3 is 2.68 bits per heavy atom. The predicted molar refractivity (Wildman–Crippen MR) is 115 cm³/mol. The van der Waals surface area contributed by atoms with Gasteiger partial charge in [-0.3, -0.25) is 9.79 Å². The Hall–Kier alpha value is -2.35. The monoisotopic (exact) mass is 405 g/mol. The molecule has 0 fully saturated rings. The Morgan fingerprint density at radius 1 is 1.43 bits per heavy atom. The molecular formula is C20H28FN5OS. The van der Waals surface area contributed by atoms with Gasteiger partial charge in [-0.1, -0.05) is 11.8 Å². The van der Waals surface area contributed by atoms with Crippen molar-refractivity contribution < 1.29 is 9.18 Å². The lowest BCUT2D eigenvalue weighted by Crippen LogP contribution is -2.39. The van der Waals surface area contributed by atoms with Gasteiger partial charge < -0.3 is 21.8 Å². The van der Waals surface area contributed by atoms with Crippen molar-refractivity contribution in [1.29, 1.82) is 5.41 Å². The second-order valence-electron chi connectivity index (χ2n) is 8.09. The van der Waals surface area contributed by atoms with Gasteiger partial charge in [-0.2, -0.15) is 0 Å². The quantitative estimate of drug-likeness (QED) is 0.442. The van der Waals surface area contributed by atoms with Gasteiger partial charge in [-0.25, -0.2) is 4.39 Å². The fraction of sp³-hybridized carbons (Fsp3) is 0.450. The Balaban J connectivity index is 2.32. The number of carbonyl (C=O) groups is 1. The average Bonchev–Trinajstić information content (AvgIpc) is 2.54. The number of benzene rings is 1. The molecule has 1 atom stereocenters. The third kappa shape index (κ3) is 5.82. The minimum absolute atomic E-state index is 0.249. The Labute approximate surface area is 169 Å². The number of rotatable bonds is 5. The fourth-order valence-electron chi connectivity index (χ4n) is 2.87. The number of halogens is 1. The van der Waals surface area contributed by atoms with Crippen molar-refractivity contribution in [3.05, 3.63) is 41.4 Å². The molecule has 0 aliphatic carbocycles. The molecule has 0 saturated carbocycles. The van der Waals surface area contributed by atoms with Gasteiger partial charge in [-0.15, -0.1) is 0 Å². The third-order valence-corrected chi connectivity index (χ3v) is 4.91. The first-order chi connectivity index (χ1) is 12.9. The summed E-state index contributed by atoms with van der Waals surface area (Å²) in [5, 5.41) is 14.0. The van der Waals surface area contributed by atoms with Crippen LogP contribution in [0.5, 0.6) is 0 Å². The van der Waals surface area contributed by atoms with Crippen molar-refractivity contribution in [3.63, 3.8) is 0 Å². The molecule has 1 aromatic rings. The lowest BCUT2D eigenvalue weighted by molar-refractivity contribution is -0.113. The summed E-state index contributed by atoms with van der Waals surface area (Å²) < 4.78 is 14.5. The van der Waals surface area contributed by atoms with E-state index in [4.69, 9.17) is 11.1 Å². The SMILES string of the molecule is CC(=N)/C=C(\NC(C)(C)C)C(=O)Nc1ccc(F)c([C@]2(C)CCSC(N)=N2)c1. The molecule has 6 nitrogen and oxygen atoms in total. The largest absolute Gasteiger partial charge is 0.379 e. The molecule has 1 amide bonds. The summed E-state index contributed by atoms with van der Waals surface area (Å²) in [4.78, 5) is 17.2. The molecule has 0 radical (unpaired) electrons. The summed E-state index contributed by atoms with van der Waals surface area (Å²) in [7, 11) is 0. The van der Waals surface area contributed by atoms with Gasteiger partial charge in [0.15, 0.2) is 5.17 Å². The lowest BCUT2D eigenvalue weighted by atomic mass is 9.89. The van der Waals surface area contributed by atoms with E-state index in [2.05, 4.69) is 15.6 Å². The zero-order valence-electron chi connectivity index (χ0n) is 16.9. The van der Waals surface area contributed by atoms with E-state index in [1.54, 1.807) is 13.0 Å². The van der Waals surface area contributed by atoms with Gasteiger partial charge in [0.1, 0.15) is 11.5 Å². The number of nitrogens with zero attached hydrogens (tertiary/aromatic N) is 1. The van der Waals surface area contributed by atoms with Crippen LogP contribution in [0.25, 0.3) is 0 Å². The summed E-state index contributed by atoms with van der Waals surface area (Å²) in [5.41, 5.74) is 6.09. The lowest BCUT2D eigenvalue weighted by Gasteiger charge is -2.30. The second-order valence-corrected chi connectivity index (χ2v) is 9.20. The molecule has 0 saturated heterocycles. The molecule has 0 aromatic heterocycles. The topological polar surface area (TPSA) is 103 Å². The van der Waals surface area contributed by atoms with Crippen LogP contribution in [0.1, 0.15) is 46.6 Å². The first-order valence-electron chi connectivity index (χ1n) is 9.04. The molecular weight excluding hydrogens is 377 g/mol. The maximum absolute atomic E-state index is 14.5. The van der Waals surface area contributed by atoms with Gasteiger partial charge in [0.05, 0.1) is 5.54 Å². The van der Waals surface area contributed by atoms with Crippen molar-refractivity contribution in [2.45, 2.75) is 52.1 Å². The normalized spacial score (nSPS) is 20.4. The molecule has 1 aliphatic rings. The van der Waals surface area contributed by atoms with Crippen LogP contribution in [0.2, 0.25) is 0 Å². The first kappa shape index (κ1) is 21.9. The van der Waals surface area contributed by atoms with Crippen LogP contribution in [-0.2, 0) is 10.3 Å². The highest BCUT2D eigenvalue weighted by Crippen LogP contribution is 2.37. The number of nitrogens with two attached hydrogens (primary N) is 1. The number of amides is 1. The molecule has 1 aromatic carbocycles. The fourth-order valence-corrected chi connectivity index (χ4v) is 3.85. The van der Waals surface area contributed by atoms with Gasteiger partial charge >= 0.3 is 0 Å². The highest BCUT2D eigenvalue weighted by Gasteiger charge is 2.32. The zero-order valence-corrected chi connectivity index (χ0v) is 17.8. The van der Waals surface area contributed by atoms with E-state index in [0.717, 1.165) is 5.75 Å². The van der Waals surface area contributed by atoms with Crippen LogP contribution in [0.4, 0.5) is 10.1 Å². The highest BCUT2D eigenvalue weighted by molar-refractivity contribution is 8.13. The third-order valence-electron chi connectivity index (χ3n) is 4.12. The van der Waals surface area contributed by atoms with E-state index in [-0.39, 0.29) is 22.8 Å². The Morgan fingerprint density at radius 2 is 2.11 bits per heavy atom. The maximum Gasteiger partial charge on any atom is 0.271 e. The molecule has 2 rings (SSSR count). The van der Waals surface area contributed by atoms with Gasteiger partial charge in [0.2, 0.25) is 0 Å². The van der Waals surface area contributed by atoms with Crippen LogP contribution in [0.15, 0.2) is 35.0 Å². The van der Waals surface area contributed by atoms with Crippen LogP contribution in [-0.4, -0.2) is 28.1 Å². The summed E-state index contributed by atoms with van der Waals surface area (Å²) in [6.07, 6.45) is 2.12. The van der Waals surface area contributed by atoms with Crippen LogP contribution < -0.4 is 16.4 Å². The smallest absolute Gasteiger partial charge is 0.271 e. The van der Waals surface area contributed by atoms with Gasteiger partial charge in [0.25, 0.3) is 5.91 Å². The Bertz CT molecular complexity index is 843. The summed E-state index contributed by atoms with van der Waals surface area (Å²) >= 11 is 1.45. The number of allylic oxidation sites excluding steroid dienone is 1. The molecule has 5 N–H and O–H groups in total. The average molecular weight is 406 g/mol. The molecule has 28 heavy (non-hydrogen) atoms. The number of aliphatic imine (C=N–C) groups is 1. The van der Waals surface area contributed by atoms with Gasteiger partial charge in [-0.05, 0) is 65.3 Å². The van der Waals surface area contributed by atoms with Crippen molar-refractivity contribution in [2.75, 3.05) is 11.1 Å². The zero-order chi connectivity index (χ0) is 21.1. The number of anilines is 1. The molecule has 1 aliphatic heterocycles. The number of amidine groups is 1. The summed E-state index contributed by atoms with van der Waals surface area (Å²) in [6, 6.07) is 4.44. The molecule has 152 valence electrons. The number of hydrogen-bond acceptors (Lipinski definition) is 6. The molecule has 0 unspecified atom stereocenters. The summed E-state index contributed by atoms with van der Waals surface area (Å²) in [5.74, 6) is -0.0302. The number of hydrogen-bond donors (Lipinski definition) is 4. The van der Waals surface area contributed by atoms with Crippen LogP contribution >= 0.6 is 11.8 Å². The number of thioether (sulfide) groups is 1. The molecule has 0 spiro atoms. The van der Waals surface area contributed by atoms with Crippen molar-refractivity contribution >= 4 is 34.2 Å². The molecule has 0 bridgehead atoms. The van der Waals surface area contributed by atoms with E-state index in [1.165, 1.54) is 30.0 Å². The van der Waals surface area contributed by atoms with Crippen molar-refractivity contribution in [2.24, 2.45) is 10.7 Å². The maximum atomic E-state index is 14.5. The first-order valence-corrected chi connectivity index (χ1v) is 10.0. The number of nitrogens with one attached hydrogen (secondary N) is 3. The van der Waals surface area contributed by atoms with E-state index in [0.29, 0.717) is 22.8 Å². The van der Waals surface area contributed by atoms with Crippen LogP contribution in [0.3, 0.4) is 0 Å². The van der Waals surface area contributed by atoms with E-state index in [1.807, 2.05) is 27.7 Å². The van der Waals surface area contributed by atoms with Crippen molar-refractivity contribution in [1.82, 2.24) is 5.32 Å². The molecule has 1 heterocycles. The Kier molecular flexibility index (Phi) is 6.54. The highest BCUT2D eigenvalue weighted by atomic mass is 32.2. The molecule has 8 heteroatoms.